The van der Waals surface area contributed by atoms with Gasteiger partial charge in [-0.25, -0.2) is 0 Å². The second kappa shape index (κ2) is 20.4. The molecule has 0 unspecified atom stereocenters. The summed E-state index contributed by atoms with van der Waals surface area (Å²) in [7, 11) is 0. The monoisotopic (exact) mass is 446 g/mol. The van der Waals surface area contributed by atoms with Gasteiger partial charge in [-0.15, -0.1) is 0 Å². The molecule has 1 aromatic rings. The zero-order valence-electron chi connectivity index (χ0n) is 21.0. The van der Waals surface area contributed by atoms with Gasteiger partial charge in [-0.1, -0.05) is 101 Å². The van der Waals surface area contributed by atoms with Crippen molar-refractivity contribution in [2.45, 2.75) is 103 Å². The Morgan fingerprint density at radius 3 is 1.66 bits per heavy atom. The number of allylic oxidation sites excluding steroid dienone is 2. The van der Waals surface area contributed by atoms with Crippen LogP contribution in [0.15, 0.2) is 42.5 Å². The van der Waals surface area contributed by atoms with Crippen molar-refractivity contribution in [2.24, 2.45) is 0 Å². The van der Waals surface area contributed by atoms with Crippen LogP contribution in [0.25, 0.3) is 0 Å². The summed E-state index contributed by atoms with van der Waals surface area (Å²) in [6.45, 7) is 6.02. The lowest BCUT2D eigenvalue weighted by Crippen LogP contribution is -2.51. The van der Waals surface area contributed by atoms with E-state index < -0.39 is 0 Å². The molecule has 3 heteroatoms. The van der Waals surface area contributed by atoms with Crippen molar-refractivity contribution in [3.05, 3.63) is 48.0 Å². The topological polar surface area (TPSA) is 40.5 Å². The van der Waals surface area contributed by atoms with Gasteiger partial charge >= 0.3 is 0 Å². The molecule has 0 aliphatic heterocycles. The highest BCUT2D eigenvalue weighted by molar-refractivity contribution is 5.13. The third kappa shape index (κ3) is 14.8. The zero-order valence-corrected chi connectivity index (χ0v) is 21.0. The van der Waals surface area contributed by atoms with Crippen LogP contribution in [0.5, 0.6) is 0 Å². The van der Waals surface area contributed by atoms with Gasteiger partial charge in [-0.05, 0) is 38.5 Å². The first-order chi connectivity index (χ1) is 15.8. The normalized spacial score (nSPS) is 12.1. The zero-order chi connectivity index (χ0) is 23.2. The highest BCUT2D eigenvalue weighted by Gasteiger charge is 2.26. The number of hydrogen-bond donors (Lipinski definition) is 2. The Morgan fingerprint density at radius 2 is 1.12 bits per heavy atom. The first-order valence-corrected chi connectivity index (χ1v) is 13.5. The van der Waals surface area contributed by atoms with Crippen molar-refractivity contribution in [1.82, 2.24) is 0 Å². The molecule has 0 saturated carbocycles. The third-order valence-electron chi connectivity index (χ3n) is 6.65. The van der Waals surface area contributed by atoms with Crippen molar-refractivity contribution in [2.75, 3.05) is 32.8 Å². The van der Waals surface area contributed by atoms with Gasteiger partial charge in [0, 0.05) is 5.56 Å². The quantitative estimate of drug-likeness (QED) is 0.114. The Balaban J connectivity index is 2.12. The van der Waals surface area contributed by atoms with Crippen LogP contribution < -0.4 is 0 Å². The van der Waals surface area contributed by atoms with Gasteiger partial charge < -0.3 is 14.7 Å². The Kier molecular flexibility index (Phi) is 18.4. The minimum Gasteiger partial charge on any atom is -0.391 e. The fourth-order valence-corrected chi connectivity index (χ4v) is 4.66. The summed E-state index contributed by atoms with van der Waals surface area (Å²) in [6.07, 6.45) is 23.3. The summed E-state index contributed by atoms with van der Waals surface area (Å²) in [5.41, 5.74) is 1.29. The van der Waals surface area contributed by atoms with E-state index in [1.165, 1.54) is 95.5 Å². The smallest absolute Gasteiger partial charge is 0.104 e. The van der Waals surface area contributed by atoms with E-state index in [9.17, 15) is 10.2 Å². The average Bonchev–Trinajstić information content (AvgIpc) is 2.80. The van der Waals surface area contributed by atoms with E-state index in [2.05, 4.69) is 43.3 Å². The summed E-state index contributed by atoms with van der Waals surface area (Å²) in [5.74, 6) is 0. The molecular formula is C29H52NO2+. The van der Waals surface area contributed by atoms with Gasteiger partial charge in [0.1, 0.15) is 19.6 Å². The van der Waals surface area contributed by atoms with Crippen molar-refractivity contribution in [1.29, 1.82) is 0 Å². The summed E-state index contributed by atoms with van der Waals surface area (Å²) in [6, 6.07) is 10.5. The lowest BCUT2D eigenvalue weighted by Gasteiger charge is -2.38. The number of aliphatic hydroxyl groups is 2. The van der Waals surface area contributed by atoms with Crippen LogP contribution in [-0.2, 0) is 6.54 Å². The van der Waals surface area contributed by atoms with Crippen molar-refractivity contribution in [3.63, 3.8) is 0 Å². The number of hydrogen-bond acceptors (Lipinski definition) is 2. The maximum absolute atomic E-state index is 9.64. The maximum atomic E-state index is 9.64. The molecule has 184 valence electrons. The molecule has 3 nitrogen and oxygen atoms in total. The number of benzene rings is 1. The largest absolute Gasteiger partial charge is 0.391 e. The molecule has 2 N–H and O–H groups in total. The first-order valence-electron chi connectivity index (χ1n) is 13.5. The molecule has 0 spiro atoms. The highest BCUT2D eigenvalue weighted by atomic mass is 16.3. The summed E-state index contributed by atoms with van der Waals surface area (Å²) >= 11 is 0. The van der Waals surface area contributed by atoms with Crippen LogP contribution in [0.4, 0.5) is 0 Å². The molecule has 0 bridgehead atoms. The van der Waals surface area contributed by atoms with Gasteiger partial charge in [0.2, 0.25) is 0 Å². The molecule has 0 aromatic heterocycles. The van der Waals surface area contributed by atoms with Crippen LogP contribution in [0.1, 0.15) is 102 Å². The van der Waals surface area contributed by atoms with Gasteiger partial charge in [-0.2, -0.15) is 0 Å². The summed E-state index contributed by atoms with van der Waals surface area (Å²) in [4.78, 5) is 0. The number of rotatable bonds is 22. The van der Waals surface area contributed by atoms with E-state index in [1.54, 1.807) is 0 Å². The fraction of sp³-hybridized carbons (Fsp3) is 0.724. The molecule has 0 fully saturated rings. The van der Waals surface area contributed by atoms with Gasteiger partial charge in [-0.3, -0.25) is 0 Å². The highest BCUT2D eigenvalue weighted by Crippen LogP contribution is 2.18. The van der Waals surface area contributed by atoms with E-state index >= 15 is 0 Å². The van der Waals surface area contributed by atoms with Crippen LogP contribution in [-0.4, -0.2) is 47.5 Å². The molecule has 0 heterocycles. The number of nitrogens with zero attached hydrogens (tertiary/aromatic N) is 1. The minimum absolute atomic E-state index is 0.180. The number of quaternary nitrogens is 1. The van der Waals surface area contributed by atoms with E-state index in [4.69, 9.17) is 0 Å². The van der Waals surface area contributed by atoms with Gasteiger partial charge in [0.05, 0.1) is 19.8 Å². The lowest BCUT2D eigenvalue weighted by atomic mass is 10.1. The molecule has 1 rings (SSSR count). The Labute approximate surface area is 199 Å². The molecule has 0 saturated heterocycles. The SMILES string of the molecule is CCCCCCCC/C=C\CCCCCCCC[N+](CCO)(CCO)Cc1ccccc1. The molecule has 0 aliphatic rings. The van der Waals surface area contributed by atoms with Crippen molar-refractivity contribution >= 4 is 0 Å². The second-order valence-electron chi connectivity index (χ2n) is 9.54. The second-order valence-corrected chi connectivity index (χ2v) is 9.54. The van der Waals surface area contributed by atoms with Crippen molar-refractivity contribution < 1.29 is 14.7 Å². The predicted octanol–water partition coefficient (Wildman–Crippen LogP) is 7.03. The van der Waals surface area contributed by atoms with Crippen LogP contribution in [0, 0.1) is 0 Å². The van der Waals surface area contributed by atoms with Crippen LogP contribution in [0.2, 0.25) is 0 Å². The lowest BCUT2D eigenvalue weighted by molar-refractivity contribution is -0.941. The third-order valence-corrected chi connectivity index (χ3v) is 6.65. The molecule has 0 amide bonds. The van der Waals surface area contributed by atoms with E-state index in [-0.39, 0.29) is 13.2 Å². The van der Waals surface area contributed by atoms with Crippen LogP contribution >= 0.6 is 0 Å². The molecule has 0 aliphatic carbocycles. The molecule has 32 heavy (non-hydrogen) atoms. The van der Waals surface area contributed by atoms with Gasteiger partial charge in [0.25, 0.3) is 0 Å². The standard InChI is InChI=1S/C29H52NO2/c1-2-3-4-5-6-7-8-9-10-11-12-13-14-15-16-20-23-30(24-26-31,25-27-32)28-29-21-18-17-19-22-29/h9-10,17-19,21-22,31-32H,2-8,11-16,20,23-28H2,1H3/q+1/b10-9-. The Bertz CT molecular complexity index is 537. The van der Waals surface area contributed by atoms with Gasteiger partial charge in [0.15, 0.2) is 0 Å². The fourth-order valence-electron chi connectivity index (χ4n) is 4.66. The molecular weight excluding hydrogens is 394 g/mol. The number of aliphatic hydroxyl groups excluding tert-OH is 2. The predicted molar refractivity (Wildman–Crippen MR) is 139 cm³/mol. The maximum Gasteiger partial charge on any atom is 0.104 e. The molecule has 0 atom stereocenters. The first kappa shape index (κ1) is 28.9. The van der Waals surface area contributed by atoms with E-state index in [1.807, 2.05) is 6.07 Å². The molecule has 1 aromatic carbocycles. The summed E-state index contributed by atoms with van der Waals surface area (Å²) in [5, 5.41) is 19.3. The minimum atomic E-state index is 0.180. The average molecular weight is 447 g/mol. The Morgan fingerprint density at radius 1 is 0.625 bits per heavy atom. The van der Waals surface area contributed by atoms with Crippen molar-refractivity contribution in [3.8, 4) is 0 Å². The van der Waals surface area contributed by atoms with E-state index in [0.29, 0.717) is 0 Å². The van der Waals surface area contributed by atoms with E-state index in [0.717, 1.165) is 30.7 Å². The molecule has 0 radical (unpaired) electrons. The number of unbranched alkanes of at least 4 members (excludes halogenated alkanes) is 12. The summed E-state index contributed by atoms with van der Waals surface area (Å²) < 4.78 is 0.792. The Hall–Kier alpha value is -1.16. The van der Waals surface area contributed by atoms with Crippen LogP contribution in [0.3, 0.4) is 0 Å².